The smallest absolute Gasteiger partial charge is 0.283 e. The summed E-state index contributed by atoms with van der Waals surface area (Å²) >= 11 is 1.38. The molecule has 0 saturated carbocycles. The predicted molar refractivity (Wildman–Crippen MR) is 125 cm³/mol. The summed E-state index contributed by atoms with van der Waals surface area (Å²) < 4.78 is 5.67. The van der Waals surface area contributed by atoms with Gasteiger partial charge >= 0.3 is 0 Å². The summed E-state index contributed by atoms with van der Waals surface area (Å²) in [6, 6.07) is 8.71. The highest BCUT2D eigenvalue weighted by atomic mass is 32.1. The van der Waals surface area contributed by atoms with Crippen molar-refractivity contribution >= 4 is 23.1 Å². The van der Waals surface area contributed by atoms with Crippen LogP contribution in [0.25, 0.3) is 11.4 Å². The molecule has 0 radical (unpaired) electrons. The number of thiazole rings is 1. The van der Waals surface area contributed by atoms with Crippen LogP contribution in [-0.4, -0.2) is 58.1 Å². The Kier molecular flexibility index (Phi) is 5.89. The number of aromatic nitrogens is 3. The SMILES string of the molecule is CCc1ccc(-c2nc3c(c(N4CCOCC4C)n2)CN(C(=O)c2nccs2)CC3)cc1. The molecule has 2 aliphatic rings. The van der Waals surface area contributed by atoms with Crippen molar-refractivity contribution in [3.05, 3.63) is 57.7 Å². The Morgan fingerprint density at radius 2 is 2.06 bits per heavy atom. The first-order chi connectivity index (χ1) is 15.6. The largest absolute Gasteiger partial charge is 0.377 e. The molecule has 5 rings (SSSR count). The van der Waals surface area contributed by atoms with Crippen molar-refractivity contribution in [3.63, 3.8) is 0 Å². The van der Waals surface area contributed by atoms with Gasteiger partial charge in [-0.1, -0.05) is 31.2 Å². The van der Waals surface area contributed by atoms with Crippen LogP contribution in [0.4, 0.5) is 5.82 Å². The average Bonchev–Trinajstić information content (AvgIpc) is 3.38. The van der Waals surface area contributed by atoms with Gasteiger partial charge in [-0.25, -0.2) is 15.0 Å². The lowest BCUT2D eigenvalue weighted by molar-refractivity contribution is 0.0731. The molecule has 0 spiro atoms. The number of nitrogens with zero attached hydrogens (tertiary/aromatic N) is 5. The number of anilines is 1. The van der Waals surface area contributed by atoms with Crippen molar-refractivity contribution in [2.45, 2.75) is 39.3 Å². The van der Waals surface area contributed by atoms with Crippen molar-refractivity contribution in [1.29, 1.82) is 0 Å². The number of benzene rings is 1. The highest BCUT2D eigenvalue weighted by molar-refractivity contribution is 7.11. The van der Waals surface area contributed by atoms with Gasteiger partial charge in [0.15, 0.2) is 10.8 Å². The van der Waals surface area contributed by atoms with Crippen molar-refractivity contribution in [2.24, 2.45) is 0 Å². The van der Waals surface area contributed by atoms with Crippen LogP contribution in [0.5, 0.6) is 0 Å². The molecule has 1 aromatic carbocycles. The average molecular weight is 450 g/mol. The number of hydrogen-bond acceptors (Lipinski definition) is 7. The molecule has 1 amide bonds. The lowest BCUT2D eigenvalue weighted by atomic mass is 10.0. The van der Waals surface area contributed by atoms with Crippen molar-refractivity contribution in [2.75, 3.05) is 31.2 Å². The minimum atomic E-state index is -0.0224. The van der Waals surface area contributed by atoms with Gasteiger partial charge in [-0.05, 0) is 18.9 Å². The third kappa shape index (κ3) is 4.00. The van der Waals surface area contributed by atoms with Gasteiger partial charge in [0.25, 0.3) is 5.91 Å². The molecule has 0 aliphatic carbocycles. The van der Waals surface area contributed by atoms with Gasteiger partial charge in [-0.15, -0.1) is 11.3 Å². The second-order valence-corrected chi connectivity index (χ2v) is 9.17. The maximum Gasteiger partial charge on any atom is 0.283 e. The van der Waals surface area contributed by atoms with Crippen molar-refractivity contribution in [3.8, 4) is 11.4 Å². The summed E-state index contributed by atoms with van der Waals surface area (Å²) in [5.74, 6) is 1.66. The molecular weight excluding hydrogens is 422 g/mol. The minimum Gasteiger partial charge on any atom is -0.377 e. The molecule has 1 fully saturated rings. The Hall–Kier alpha value is -2.84. The molecule has 8 heteroatoms. The predicted octanol–water partition coefficient (Wildman–Crippen LogP) is 3.59. The molecule has 2 aromatic heterocycles. The number of carbonyl (C=O) groups excluding carboxylic acids is 1. The number of carbonyl (C=O) groups is 1. The Balaban J connectivity index is 1.55. The van der Waals surface area contributed by atoms with Crippen LogP contribution >= 0.6 is 11.3 Å². The molecule has 0 N–H and O–H groups in total. The van der Waals surface area contributed by atoms with Crippen LogP contribution in [-0.2, 0) is 24.1 Å². The zero-order valence-electron chi connectivity index (χ0n) is 18.5. The van der Waals surface area contributed by atoms with Gasteiger partial charge in [0, 0.05) is 42.2 Å². The zero-order valence-corrected chi connectivity index (χ0v) is 19.3. The number of fused-ring (bicyclic) bond motifs is 1. The molecule has 1 saturated heterocycles. The topological polar surface area (TPSA) is 71.5 Å². The molecule has 166 valence electrons. The zero-order chi connectivity index (χ0) is 22.1. The second kappa shape index (κ2) is 8.96. The van der Waals surface area contributed by atoms with E-state index in [1.165, 1.54) is 16.9 Å². The number of amides is 1. The van der Waals surface area contributed by atoms with Gasteiger partial charge in [0.05, 0.1) is 31.5 Å². The van der Waals surface area contributed by atoms with E-state index in [4.69, 9.17) is 14.7 Å². The third-order valence-corrected chi connectivity index (χ3v) is 6.96. The maximum absolute atomic E-state index is 13.0. The summed E-state index contributed by atoms with van der Waals surface area (Å²) in [6.45, 7) is 7.56. The minimum absolute atomic E-state index is 0.0224. The second-order valence-electron chi connectivity index (χ2n) is 8.28. The molecule has 2 aliphatic heterocycles. The van der Waals surface area contributed by atoms with E-state index >= 15 is 0 Å². The Labute approximate surface area is 192 Å². The summed E-state index contributed by atoms with van der Waals surface area (Å²) in [5.41, 5.74) is 4.40. The fourth-order valence-electron chi connectivity index (χ4n) is 4.33. The summed E-state index contributed by atoms with van der Waals surface area (Å²) in [7, 11) is 0. The molecule has 4 heterocycles. The third-order valence-electron chi connectivity index (χ3n) is 6.20. The summed E-state index contributed by atoms with van der Waals surface area (Å²) in [5, 5.41) is 2.37. The maximum atomic E-state index is 13.0. The summed E-state index contributed by atoms with van der Waals surface area (Å²) in [4.78, 5) is 31.4. The Bertz CT molecular complexity index is 1100. The number of aryl methyl sites for hydroxylation is 1. The van der Waals surface area contributed by atoms with Gasteiger partial charge < -0.3 is 14.5 Å². The van der Waals surface area contributed by atoms with Crippen LogP contribution in [0, 0.1) is 0 Å². The van der Waals surface area contributed by atoms with Crippen molar-refractivity contribution < 1.29 is 9.53 Å². The normalized spacial score (nSPS) is 18.5. The number of morpholine rings is 1. The highest BCUT2D eigenvalue weighted by Crippen LogP contribution is 2.32. The van der Waals surface area contributed by atoms with Gasteiger partial charge in [-0.2, -0.15) is 0 Å². The Morgan fingerprint density at radius 3 is 2.78 bits per heavy atom. The van der Waals surface area contributed by atoms with E-state index < -0.39 is 0 Å². The van der Waals surface area contributed by atoms with E-state index in [1.807, 2.05) is 10.3 Å². The molecule has 3 aromatic rings. The van der Waals surface area contributed by atoms with E-state index in [1.54, 1.807) is 6.20 Å². The van der Waals surface area contributed by atoms with E-state index in [-0.39, 0.29) is 11.9 Å². The first kappa shape index (κ1) is 21.0. The number of hydrogen-bond donors (Lipinski definition) is 0. The lowest BCUT2D eigenvalue weighted by Crippen LogP contribution is -2.46. The standard InChI is InChI=1S/C24H27N5O2S/c1-3-17-4-6-18(7-5-17)21-26-20-8-10-28(24(30)23-25-9-13-32-23)14-19(20)22(27-21)29-11-12-31-15-16(29)2/h4-7,9,13,16H,3,8,10-12,14-15H2,1-2H3. The molecule has 7 nitrogen and oxygen atoms in total. The summed E-state index contributed by atoms with van der Waals surface area (Å²) in [6.07, 6.45) is 3.39. The van der Waals surface area contributed by atoms with Crippen LogP contribution in [0.3, 0.4) is 0 Å². The van der Waals surface area contributed by atoms with Crippen LogP contribution in [0.2, 0.25) is 0 Å². The quantitative estimate of drug-likeness (QED) is 0.606. The Morgan fingerprint density at radius 1 is 1.22 bits per heavy atom. The van der Waals surface area contributed by atoms with Crippen LogP contribution < -0.4 is 4.90 Å². The lowest BCUT2D eigenvalue weighted by Gasteiger charge is -2.38. The highest BCUT2D eigenvalue weighted by Gasteiger charge is 2.31. The van der Waals surface area contributed by atoms with Crippen LogP contribution in [0.1, 0.15) is 40.5 Å². The van der Waals surface area contributed by atoms with E-state index in [9.17, 15) is 4.79 Å². The van der Waals surface area contributed by atoms with Crippen LogP contribution in [0.15, 0.2) is 35.8 Å². The number of ether oxygens (including phenoxy) is 1. The fourth-order valence-corrected chi connectivity index (χ4v) is 4.93. The van der Waals surface area contributed by atoms with Crippen molar-refractivity contribution in [1.82, 2.24) is 19.9 Å². The first-order valence-corrected chi connectivity index (χ1v) is 12.0. The van der Waals surface area contributed by atoms with Gasteiger partial charge in [-0.3, -0.25) is 4.79 Å². The van der Waals surface area contributed by atoms with E-state index in [2.05, 4.69) is 48.0 Å². The van der Waals surface area contributed by atoms with E-state index in [0.717, 1.165) is 41.4 Å². The molecule has 1 atom stereocenters. The molecular formula is C24H27N5O2S. The number of rotatable bonds is 4. The first-order valence-electron chi connectivity index (χ1n) is 11.2. The molecule has 0 bridgehead atoms. The van der Waals surface area contributed by atoms with E-state index in [0.29, 0.717) is 37.7 Å². The molecule has 1 unspecified atom stereocenters. The fraction of sp³-hybridized carbons (Fsp3) is 0.417. The van der Waals surface area contributed by atoms with Gasteiger partial charge in [0.2, 0.25) is 0 Å². The molecule has 32 heavy (non-hydrogen) atoms. The van der Waals surface area contributed by atoms with Gasteiger partial charge in [0.1, 0.15) is 5.82 Å². The monoisotopic (exact) mass is 449 g/mol.